The molecule has 0 bridgehead atoms. The fourth-order valence-corrected chi connectivity index (χ4v) is 8.83. The number of amides is 6. The molecule has 6 amide bonds. The molecule has 47 heteroatoms. The first-order chi connectivity index (χ1) is 49.5. The molecule has 10 rings (SSSR count). The zero-order valence-electron chi connectivity index (χ0n) is 55.3. The molecule has 3 aliphatic rings. The Hall–Kier alpha value is -8.72. The van der Waals surface area contributed by atoms with Gasteiger partial charge in [0, 0.05) is 16.7 Å². The maximum absolute atomic E-state index is 12.7. The van der Waals surface area contributed by atoms with Gasteiger partial charge in [-0.3, -0.25) is 35.5 Å². The molecule has 3 saturated heterocycles. The lowest BCUT2D eigenvalue weighted by molar-refractivity contribution is -0.140. The Morgan fingerprint density at radius 3 is 1.23 bits per heavy atom. The van der Waals surface area contributed by atoms with E-state index in [1.807, 2.05) is 17.6 Å². The van der Waals surface area contributed by atoms with Crippen molar-refractivity contribution in [2.45, 2.75) is 69.9 Å². The van der Waals surface area contributed by atoms with Crippen LogP contribution in [0.25, 0.3) is 11.5 Å². The third-order valence-electron chi connectivity index (χ3n) is 13.5. The van der Waals surface area contributed by atoms with Gasteiger partial charge in [0.05, 0.1) is 23.3 Å². The van der Waals surface area contributed by atoms with Crippen molar-refractivity contribution in [2.24, 2.45) is 11.6 Å². The second-order valence-electron chi connectivity index (χ2n) is 21.1. The van der Waals surface area contributed by atoms with E-state index in [-0.39, 0.29) is 97.6 Å². The fraction of sp³-hybridized carbons (Fsp3) is 0.254. The summed E-state index contributed by atoms with van der Waals surface area (Å²) in [7, 11) is 0. The highest BCUT2D eigenvalue weighted by Crippen LogP contribution is 2.35. The molecule has 7 aromatic rings. The number of ether oxygens (including phenoxy) is 5. The number of carboxylic acids is 2. The Morgan fingerprint density at radius 2 is 0.891 bits per heavy atom. The van der Waals surface area contributed by atoms with Gasteiger partial charge in [0.1, 0.15) is 37.9 Å². The summed E-state index contributed by atoms with van der Waals surface area (Å²) in [5, 5.41) is 39.0. The summed E-state index contributed by atoms with van der Waals surface area (Å²) in [5.41, 5.74) is 14.5. The zero-order valence-corrected chi connectivity index (χ0v) is 63.8. The number of nitrogens with two attached hydrogens (primary N) is 2. The number of halogens is 15. The Bertz CT molecular complexity index is 4190. The Labute approximate surface area is 674 Å². The molecule has 3 aliphatic heterocycles. The Morgan fingerprint density at radius 1 is 0.518 bits per heavy atom. The van der Waals surface area contributed by atoms with Crippen LogP contribution in [0.1, 0.15) is 82.7 Å². The lowest BCUT2D eigenvalue weighted by Gasteiger charge is -2.15. The molecule has 3 fully saturated rings. The predicted molar refractivity (Wildman–Crippen MR) is 396 cm³/mol. The first-order valence-corrected chi connectivity index (χ1v) is 31.6. The molecule has 1 aromatic heterocycles. The average molecular weight is 1760 g/mol. The van der Waals surface area contributed by atoms with Gasteiger partial charge in [-0.2, -0.15) is 93.5 Å². The molecule has 602 valence electrons. The third kappa shape index (κ3) is 34.3. The van der Waals surface area contributed by atoms with E-state index in [1.54, 1.807) is 54.6 Å². The van der Waals surface area contributed by atoms with Gasteiger partial charge in [-0.1, -0.05) is 91.0 Å². The van der Waals surface area contributed by atoms with Crippen LogP contribution in [-0.2, 0) is 75.9 Å². The Balaban J connectivity index is 0.000000697. The quantitative estimate of drug-likeness (QED) is 0.00916. The predicted octanol–water partition coefficient (Wildman–Crippen LogP) is 11.0. The number of hydrogen-bond acceptors (Lipinski definition) is 20. The standard InChI is InChI=1S/C19H16F3N3O4.C19H14F3N3O3.C15H13F3N2O.C4H5NO4.C3Cl6O3.C3H7NO3.4H2S/c20-19(21,22)13-7-5-11(6-8-13)9-12-3-1-2-4-14(12)16(26)24-25-17(27)15-10-29-18(28)23-15;20-19(21,22)13-7-5-11(6-8-13)9-12-3-1-2-4-14(12)16-24-25-17(28-16)15-10-27-18(26)23-15;16-15(17,18)12-7-5-10(6-8-12)9-11-3-1-2-4-13(11)14(21)20-19;6-3(7)2-1-9-4(8)5-2;4-2(5,6)11-1(10)12-3(7,8)9;4-2(1-5)3(6)7;;;;/h1-8,15H,9-10H2,(H,23,28)(H,24,26)(H,25,27);1-8,15H,9-10H2,(H,23,26);1-8H,9,19H2,(H,20,21);2H,1H2,(H,5,8)(H,6,7);;2,5H,1,4H2,(H,6,7);4*1H2/t2*15-;;2-;;2-;;;;/m00.0.0..../s1. The van der Waals surface area contributed by atoms with E-state index in [0.717, 1.165) is 47.5 Å². The van der Waals surface area contributed by atoms with E-state index in [4.69, 9.17) is 106 Å². The number of hydrazine groups is 2. The summed E-state index contributed by atoms with van der Waals surface area (Å²) in [6.07, 6.45) is -15.5. The van der Waals surface area contributed by atoms with E-state index in [1.165, 1.54) is 42.5 Å². The minimum Gasteiger partial charge on any atom is -0.480 e. The number of nitrogen functional groups attached to an aromatic ring is 1. The molecular formula is C63H63Cl6F9N10O18S4. The second-order valence-corrected chi connectivity index (χ2v) is 25.5. The molecule has 4 atom stereocenters. The van der Waals surface area contributed by atoms with Gasteiger partial charge < -0.3 is 65.1 Å². The lowest BCUT2D eigenvalue weighted by atomic mass is 9.98. The largest absolute Gasteiger partial charge is 0.515 e. The third-order valence-corrected chi connectivity index (χ3v) is 14.0. The highest BCUT2D eigenvalue weighted by Gasteiger charge is 2.36. The van der Waals surface area contributed by atoms with Crippen LogP contribution >= 0.6 is 124 Å². The normalized spacial score (nSPS) is 14.9. The number of aliphatic carboxylic acids is 2. The second kappa shape index (κ2) is 45.6. The number of carbonyl (C=O) groups is 9. The van der Waals surface area contributed by atoms with Gasteiger partial charge in [0.25, 0.3) is 17.7 Å². The molecule has 6 aromatic carbocycles. The number of rotatable bonds is 14. The molecule has 0 radical (unpaired) electrons. The van der Waals surface area contributed by atoms with Crippen molar-refractivity contribution >= 4 is 178 Å². The van der Waals surface area contributed by atoms with Gasteiger partial charge in [0.15, 0.2) is 6.04 Å². The van der Waals surface area contributed by atoms with Gasteiger partial charge in [-0.05, 0) is 177 Å². The number of hydrogen-bond donors (Lipinski definition) is 11. The number of carboxylic acid groups (broad SMARTS) is 2. The molecule has 4 heterocycles. The van der Waals surface area contributed by atoms with Crippen LogP contribution in [0.3, 0.4) is 0 Å². The summed E-state index contributed by atoms with van der Waals surface area (Å²) in [6.45, 7) is -0.623. The summed E-state index contributed by atoms with van der Waals surface area (Å²) in [6, 6.07) is 31.7. The fourth-order valence-electron chi connectivity index (χ4n) is 8.45. The molecule has 0 aliphatic carbocycles. The van der Waals surface area contributed by atoms with Gasteiger partial charge in [0.2, 0.25) is 11.8 Å². The summed E-state index contributed by atoms with van der Waals surface area (Å²) in [4.78, 5) is 98.4. The van der Waals surface area contributed by atoms with Crippen LogP contribution in [0.2, 0.25) is 0 Å². The summed E-state index contributed by atoms with van der Waals surface area (Å²) in [5.74, 6) is 1.67. The molecular weight excluding hydrogens is 1700 g/mol. The highest BCUT2D eigenvalue weighted by atomic mass is 35.6. The van der Waals surface area contributed by atoms with E-state index >= 15 is 0 Å². The Kier molecular flexibility index (Phi) is 41.1. The van der Waals surface area contributed by atoms with E-state index < -0.39 is 128 Å². The molecule has 0 spiro atoms. The number of nitrogens with one attached hydrogen (secondary N) is 6. The number of alkyl halides is 15. The molecule has 28 nitrogen and oxygen atoms in total. The summed E-state index contributed by atoms with van der Waals surface area (Å²) < 4.78 is 137. The number of carbonyl (C=O) groups excluding carboxylic acids is 7. The van der Waals surface area contributed by atoms with Crippen LogP contribution in [0.4, 0.5) is 58.7 Å². The molecule has 0 unspecified atom stereocenters. The topological polar surface area (TPSA) is 424 Å². The molecule has 0 saturated carbocycles. The first kappa shape index (κ1) is 99.3. The number of aliphatic hydroxyl groups excluding tert-OH is 1. The van der Waals surface area contributed by atoms with Crippen LogP contribution in [0.15, 0.2) is 150 Å². The van der Waals surface area contributed by atoms with Crippen molar-refractivity contribution in [1.29, 1.82) is 0 Å². The number of aliphatic hydroxyl groups is 1. The van der Waals surface area contributed by atoms with Crippen molar-refractivity contribution in [1.82, 2.24) is 42.4 Å². The van der Waals surface area contributed by atoms with Crippen molar-refractivity contribution in [3.05, 3.63) is 213 Å². The summed E-state index contributed by atoms with van der Waals surface area (Å²) >= 11 is 30.2. The van der Waals surface area contributed by atoms with Crippen LogP contribution in [-0.4, -0.2) is 132 Å². The zero-order chi connectivity index (χ0) is 78.9. The highest BCUT2D eigenvalue weighted by molar-refractivity contribution is 7.59. The van der Waals surface area contributed by atoms with E-state index in [0.29, 0.717) is 46.2 Å². The molecule has 110 heavy (non-hydrogen) atoms. The number of alkyl carbamates (subject to hydrolysis) is 3. The van der Waals surface area contributed by atoms with Crippen LogP contribution < -0.4 is 43.8 Å². The van der Waals surface area contributed by atoms with E-state index in [2.05, 4.69) is 55.9 Å². The average Bonchev–Trinajstić information content (AvgIpc) is 1.65. The smallest absolute Gasteiger partial charge is 0.480 e. The van der Waals surface area contributed by atoms with Crippen molar-refractivity contribution < 1.29 is 126 Å². The van der Waals surface area contributed by atoms with Crippen LogP contribution in [0, 0.1) is 0 Å². The van der Waals surface area contributed by atoms with E-state index in [9.17, 15) is 82.7 Å². The van der Waals surface area contributed by atoms with Gasteiger partial charge in [-0.15, -0.1) is 10.2 Å². The number of nitrogens with zero attached hydrogens (tertiary/aromatic N) is 2. The van der Waals surface area contributed by atoms with Crippen molar-refractivity contribution in [3.8, 4) is 11.5 Å². The maximum Gasteiger partial charge on any atom is 0.515 e. The first-order valence-electron chi connectivity index (χ1n) is 29.4. The van der Waals surface area contributed by atoms with Crippen molar-refractivity contribution in [3.63, 3.8) is 0 Å². The minimum atomic E-state index is -4.42. The number of aromatic nitrogens is 2. The van der Waals surface area contributed by atoms with Gasteiger partial charge >= 0.3 is 62.9 Å². The van der Waals surface area contributed by atoms with Crippen molar-refractivity contribution in [2.75, 3.05) is 26.4 Å². The monoisotopic (exact) mass is 1760 g/mol. The minimum absolute atomic E-state index is 0. The number of cyclic esters (lactones) is 3. The van der Waals surface area contributed by atoms with Gasteiger partial charge in [-0.25, -0.2) is 29.8 Å². The maximum atomic E-state index is 12.7. The SMILES string of the molecule is NNC(=O)c1ccccc1Cc1ccc(C(F)(F)F)cc1.N[C@@H](CO)C(=O)O.O=C(OC(Cl)(Cl)Cl)OC(Cl)(Cl)Cl.O=C1N[C@H](C(=O)NNC(=O)c2ccccc2Cc2ccc(C(F)(F)F)cc2)CO1.O=C1N[C@H](C(=O)O)CO1.O=C1N[C@H](c2nnc(-c3ccccc3Cc3ccc(C(F)(F)F)cc3)o2)CO1.S.S.S.S. The number of benzene rings is 6. The lowest BCUT2D eigenvalue weighted by Crippen LogP contribution is -2.50. The molecule has 13 N–H and O–H groups in total. The van der Waals surface area contributed by atoms with Crippen LogP contribution in [0.5, 0.6) is 0 Å².